The van der Waals surface area contributed by atoms with Crippen molar-refractivity contribution < 1.29 is 19.9 Å². The van der Waals surface area contributed by atoms with Crippen molar-refractivity contribution in [1.29, 1.82) is 0 Å². The summed E-state index contributed by atoms with van der Waals surface area (Å²) < 4.78 is 0. The molecule has 4 nitrogen and oxygen atoms in total. The first-order valence-corrected chi connectivity index (χ1v) is 4.71. The van der Waals surface area contributed by atoms with Crippen molar-refractivity contribution in [2.45, 2.75) is 18.7 Å². The highest BCUT2D eigenvalue weighted by atomic mass is 16.4. The van der Waals surface area contributed by atoms with Crippen LogP contribution in [0.15, 0.2) is 30.3 Å². The fraction of sp³-hybridized carbons (Fsp3) is 0.300. The Bertz CT molecular complexity index is 312. The van der Waals surface area contributed by atoms with Crippen LogP contribution in [0.2, 0.25) is 5.82 Å². The van der Waals surface area contributed by atoms with Crippen molar-refractivity contribution in [3.63, 3.8) is 0 Å². The second kappa shape index (κ2) is 5.53. The van der Waals surface area contributed by atoms with Gasteiger partial charge in [0.05, 0.1) is 0 Å². The molecule has 0 bridgehead atoms. The Morgan fingerprint density at radius 1 is 1.27 bits per heavy atom. The van der Waals surface area contributed by atoms with Gasteiger partial charge >= 0.3 is 13.1 Å². The highest BCUT2D eigenvalue weighted by Gasteiger charge is 2.25. The molecule has 0 saturated heterocycles. The largest absolute Gasteiger partial charge is 0.481 e. The number of carbonyl (C=O) groups is 1. The van der Waals surface area contributed by atoms with E-state index in [1.165, 1.54) is 0 Å². The maximum absolute atomic E-state index is 10.5. The molecular weight excluding hydrogens is 195 g/mol. The lowest BCUT2D eigenvalue weighted by Gasteiger charge is -2.13. The van der Waals surface area contributed by atoms with Gasteiger partial charge in [0.2, 0.25) is 0 Å². The van der Waals surface area contributed by atoms with Gasteiger partial charge in [-0.2, -0.15) is 0 Å². The Morgan fingerprint density at radius 2 is 1.87 bits per heavy atom. The molecule has 1 rings (SSSR count). The standard InChI is InChI=1S/C10H13BO4/c12-10(13)7-9(11(14)15)6-8-4-2-1-3-5-8/h1-5,9,14-15H,6-7H2,(H,12,13). The predicted molar refractivity (Wildman–Crippen MR) is 56.3 cm³/mol. The van der Waals surface area contributed by atoms with Crippen molar-refractivity contribution >= 4 is 13.1 Å². The Morgan fingerprint density at radius 3 is 2.33 bits per heavy atom. The van der Waals surface area contributed by atoms with Crippen LogP contribution in [0.3, 0.4) is 0 Å². The monoisotopic (exact) mass is 208 g/mol. The summed E-state index contributed by atoms with van der Waals surface area (Å²) >= 11 is 0. The molecule has 0 radical (unpaired) electrons. The van der Waals surface area contributed by atoms with Gasteiger partial charge in [0.25, 0.3) is 0 Å². The summed E-state index contributed by atoms with van der Waals surface area (Å²) in [6.07, 6.45) is 0.108. The van der Waals surface area contributed by atoms with Crippen LogP contribution < -0.4 is 0 Å². The zero-order valence-corrected chi connectivity index (χ0v) is 8.21. The zero-order valence-electron chi connectivity index (χ0n) is 8.21. The average molecular weight is 208 g/mol. The highest BCUT2D eigenvalue weighted by Crippen LogP contribution is 2.19. The quantitative estimate of drug-likeness (QED) is 0.617. The Labute approximate surface area is 88.3 Å². The molecule has 0 spiro atoms. The van der Waals surface area contributed by atoms with Gasteiger partial charge in [-0.25, -0.2) is 0 Å². The van der Waals surface area contributed by atoms with Crippen molar-refractivity contribution in [2.75, 3.05) is 0 Å². The fourth-order valence-electron chi connectivity index (χ4n) is 1.42. The van der Waals surface area contributed by atoms with E-state index in [0.717, 1.165) is 5.56 Å². The molecule has 0 heterocycles. The van der Waals surface area contributed by atoms with E-state index in [1.54, 1.807) is 0 Å². The van der Waals surface area contributed by atoms with Crippen LogP contribution >= 0.6 is 0 Å². The van der Waals surface area contributed by atoms with Gasteiger partial charge in [-0.1, -0.05) is 30.3 Å². The van der Waals surface area contributed by atoms with Crippen molar-refractivity contribution in [3.8, 4) is 0 Å². The van der Waals surface area contributed by atoms with Gasteiger partial charge in [-0.15, -0.1) is 0 Å². The van der Waals surface area contributed by atoms with Crippen LogP contribution in [0.25, 0.3) is 0 Å². The van der Waals surface area contributed by atoms with Crippen molar-refractivity contribution in [1.82, 2.24) is 0 Å². The third kappa shape index (κ3) is 4.14. The predicted octanol–water partition coefficient (Wildman–Crippen LogP) is 0.547. The lowest BCUT2D eigenvalue weighted by Crippen LogP contribution is -2.24. The summed E-state index contributed by atoms with van der Waals surface area (Å²) in [5.41, 5.74) is 0.900. The first kappa shape index (κ1) is 11.7. The zero-order chi connectivity index (χ0) is 11.3. The molecule has 0 aliphatic rings. The van der Waals surface area contributed by atoms with E-state index >= 15 is 0 Å². The van der Waals surface area contributed by atoms with Crippen LogP contribution in [0.1, 0.15) is 12.0 Å². The number of benzene rings is 1. The molecule has 5 heteroatoms. The summed E-state index contributed by atoms with van der Waals surface area (Å²) in [5, 5.41) is 26.6. The SMILES string of the molecule is O=C(O)CC(Cc1ccccc1)B(O)O. The molecule has 3 N–H and O–H groups in total. The van der Waals surface area contributed by atoms with Crippen LogP contribution in [0.4, 0.5) is 0 Å². The molecule has 0 fully saturated rings. The number of rotatable bonds is 5. The maximum atomic E-state index is 10.5. The Hall–Kier alpha value is -1.33. The van der Waals surface area contributed by atoms with Gasteiger partial charge in [0.15, 0.2) is 0 Å². The van der Waals surface area contributed by atoms with Gasteiger partial charge < -0.3 is 15.2 Å². The molecule has 15 heavy (non-hydrogen) atoms. The van der Waals surface area contributed by atoms with Crippen LogP contribution in [-0.2, 0) is 11.2 Å². The summed E-state index contributed by atoms with van der Waals surface area (Å²) in [6, 6.07) is 9.17. The van der Waals surface area contributed by atoms with E-state index in [0.29, 0.717) is 6.42 Å². The molecule has 0 saturated carbocycles. The van der Waals surface area contributed by atoms with Gasteiger partial charge in [-0.05, 0) is 12.0 Å². The molecule has 1 aromatic rings. The third-order valence-electron chi connectivity index (χ3n) is 2.20. The number of hydrogen-bond acceptors (Lipinski definition) is 3. The van der Waals surface area contributed by atoms with Crippen LogP contribution in [0, 0.1) is 0 Å². The minimum atomic E-state index is -1.60. The number of aliphatic carboxylic acids is 1. The van der Waals surface area contributed by atoms with E-state index in [9.17, 15) is 4.79 Å². The number of carboxylic acids is 1. The summed E-state index contributed by atoms with van der Waals surface area (Å²) in [5.74, 6) is -1.69. The van der Waals surface area contributed by atoms with Gasteiger partial charge in [-0.3, -0.25) is 4.79 Å². The topological polar surface area (TPSA) is 77.8 Å². The lowest BCUT2D eigenvalue weighted by atomic mass is 9.68. The van der Waals surface area contributed by atoms with E-state index < -0.39 is 18.9 Å². The summed E-state index contributed by atoms with van der Waals surface area (Å²) in [6.45, 7) is 0. The van der Waals surface area contributed by atoms with E-state index in [4.69, 9.17) is 15.2 Å². The summed E-state index contributed by atoms with van der Waals surface area (Å²) in [4.78, 5) is 10.5. The van der Waals surface area contributed by atoms with E-state index in [1.807, 2.05) is 30.3 Å². The Kier molecular flexibility index (Phi) is 4.33. The molecule has 0 amide bonds. The first-order chi connectivity index (χ1) is 7.09. The molecule has 1 unspecified atom stereocenters. The van der Waals surface area contributed by atoms with Crippen molar-refractivity contribution in [3.05, 3.63) is 35.9 Å². The second-order valence-corrected chi connectivity index (χ2v) is 3.46. The molecule has 1 atom stereocenters. The number of hydrogen-bond donors (Lipinski definition) is 3. The van der Waals surface area contributed by atoms with E-state index in [-0.39, 0.29) is 6.42 Å². The highest BCUT2D eigenvalue weighted by molar-refractivity contribution is 6.43. The lowest BCUT2D eigenvalue weighted by molar-refractivity contribution is -0.137. The summed E-state index contributed by atoms with van der Waals surface area (Å²) in [7, 11) is -1.60. The normalized spacial score (nSPS) is 12.1. The van der Waals surface area contributed by atoms with Crippen LogP contribution in [0.5, 0.6) is 0 Å². The molecule has 0 aliphatic carbocycles. The first-order valence-electron chi connectivity index (χ1n) is 4.71. The molecule has 1 aromatic carbocycles. The molecule has 0 aliphatic heterocycles. The van der Waals surface area contributed by atoms with Gasteiger partial charge in [0, 0.05) is 12.2 Å². The minimum Gasteiger partial charge on any atom is -0.481 e. The molecule has 0 aromatic heterocycles. The van der Waals surface area contributed by atoms with Crippen LogP contribution in [-0.4, -0.2) is 28.2 Å². The van der Waals surface area contributed by atoms with E-state index in [2.05, 4.69) is 0 Å². The maximum Gasteiger partial charge on any atom is 0.455 e. The molecular formula is C10H13BO4. The molecule has 80 valence electrons. The van der Waals surface area contributed by atoms with Crippen molar-refractivity contribution in [2.24, 2.45) is 0 Å². The average Bonchev–Trinajstić information content (AvgIpc) is 2.17. The number of carboxylic acid groups (broad SMARTS) is 1. The van der Waals surface area contributed by atoms with Gasteiger partial charge in [0.1, 0.15) is 0 Å². The third-order valence-corrected chi connectivity index (χ3v) is 2.20. The Balaban J connectivity index is 2.63. The second-order valence-electron chi connectivity index (χ2n) is 3.46. The fourth-order valence-corrected chi connectivity index (χ4v) is 1.42. The smallest absolute Gasteiger partial charge is 0.455 e. The minimum absolute atomic E-state index is 0.243.